The van der Waals surface area contributed by atoms with E-state index in [0.717, 1.165) is 6.42 Å². The summed E-state index contributed by atoms with van der Waals surface area (Å²) in [6.45, 7) is 1.73. The van der Waals surface area contributed by atoms with Gasteiger partial charge in [-0.1, -0.05) is 0 Å². The molecule has 3 amide bonds. The van der Waals surface area contributed by atoms with Crippen LogP contribution in [0.1, 0.15) is 12.8 Å². The number of nitrogens with zero attached hydrogens (tertiary/aromatic N) is 3. The first-order valence-corrected chi connectivity index (χ1v) is 5.03. The molecule has 0 bridgehead atoms. The molecule has 2 N–H and O–H groups in total. The van der Waals surface area contributed by atoms with Crippen molar-refractivity contribution in [3.8, 4) is 0 Å². The van der Waals surface area contributed by atoms with E-state index in [2.05, 4.69) is 0 Å². The van der Waals surface area contributed by atoms with Crippen LogP contribution in [0.25, 0.3) is 0 Å². The smallest absolute Gasteiger partial charge is 0.334 e. The number of nitrogens with two attached hydrogens (primary N) is 1. The zero-order chi connectivity index (χ0) is 11.4. The number of carbonyl (C=O) groups is 2. The average Bonchev–Trinajstić information content (AvgIpc) is 2.19. The lowest BCUT2D eigenvalue weighted by Crippen LogP contribution is -2.53. The molecule has 0 aromatic heterocycles. The Morgan fingerprint density at radius 1 is 1.47 bits per heavy atom. The van der Waals surface area contributed by atoms with Gasteiger partial charge >= 0.3 is 6.03 Å². The van der Waals surface area contributed by atoms with Crippen LogP contribution in [0.4, 0.5) is 4.79 Å². The van der Waals surface area contributed by atoms with E-state index in [1.165, 1.54) is 9.91 Å². The first-order chi connectivity index (χ1) is 7.02. The van der Waals surface area contributed by atoms with Gasteiger partial charge in [0.15, 0.2) is 0 Å². The predicted octanol–water partition coefficient (Wildman–Crippen LogP) is -0.534. The van der Waals surface area contributed by atoms with Crippen molar-refractivity contribution in [1.82, 2.24) is 14.8 Å². The Morgan fingerprint density at radius 3 is 2.73 bits per heavy atom. The molecule has 15 heavy (non-hydrogen) atoms. The highest BCUT2D eigenvalue weighted by molar-refractivity contribution is 5.78. The van der Waals surface area contributed by atoms with Crippen molar-refractivity contribution >= 4 is 11.9 Å². The normalized spacial score (nSPS) is 16.9. The van der Waals surface area contributed by atoms with Gasteiger partial charge in [0.05, 0.1) is 0 Å². The molecule has 1 aliphatic heterocycles. The van der Waals surface area contributed by atoms with Gasteiger partial charge in [0.1, 0.15) is 0 Å². The van der Waals surface area contributed by atoms with Crippen LogP contribution in [0.2, 0.25) is 0 Å². The third kappa shape index (κ3) is 3.09. The Kier molecular flexibility index (Phi) is 3.90. The molecular weight excluding hydrogens is 196 g/mol. The molecular formula is C9H18N4O2. The monoisotopic (exact) mass is 214 g/mol. The fraction of sp³-hybridized carbons (Fsp3) is 0.778. The lowest BCUT2D eigenvalue weighted by molar-refractivity contribution is -0.128. The van der Waals surface area contributed by atoms with Gasteiger partial charge in [0.2, 0.25) is 5.91 Å². The summed E-state index contributed by atoms with van der Waals surface area (Å²) in [6.07, 6.45) is 1.21. The number of carbonyl (C=O) groups excluding carboxylic acids is 2. The molecule has 0 spiro atoms. The van der Waals surface area contributed by atoms with Crippen molar-refractivity contribution in [3.63, 3.8) is 0 Å². The van der Waals surface area contributed by atoms with Gasteiger partial charge in [-0.15, -0.1) is 0 Å². The lowest BCUT2D eigenvalue weighted by Gasteiger charge is -2.32. The summed E-state index contributed by atoms with van der Waals surface area (Å²) in [6, 6.07) is -0.187. The van der Waals surface area contributed by atoms with Crippen molar-refractivity contribution in [3.05, 3.63) is 0 Å². The molecule has 6 heteroatoms. The summed E-state index contributed by atoms with van der Waals surface area (Å²) in [5, 5.41) is 1.20. The second kappa shape index (κ2) is 4.97. The Bertz CT molecular complexity index is 254. The SMILES string of the molecule is CN(C)C(=O)CCN1CCCN(N)C1=O. The average molecular weight is 214 g/mol. The van der Waals surface area contributed by atoms with E-state index in [-0.39, 0.29) is 11.9 Å². The minimum absolute atomic E-state index is 0.0249. The maximum Gasteiger partial charge on any atom is 0.334 e. The number of hydrogen-bond donors (Lipinski definition) is 1. The number of urea groups is 1. The number of amides is 3. The Hall–Kier alpha value is -1.30. The van der Waals surface area contributed by atoms with Crippen molar-refractivity contribution < 1.29 is 9.59 Å². The van der Waals surface area contributed by atoms with Crippen molar-refractivity contribution in [2.24, 2.45) is 5.84 Å². The third-order valence-electron chi connectivity index (χ3n) is 2.44. The van der Waals surface area contributed by atoms with Gasteiger partial charge in [0, 0.05) is 40.2 Å². The fourth-order valence-electron chi connectivity index (χ4n) is 1.47. The van der Waals surface area contributed by atoms with E-state index in [0.29, 0.717) is 26.1 Å². The molecule has 86 valence electrons. The largest absolute Gasteiger partial charge is 0.349 e. The molecule has 1 fully saturated rings. The summed E-state index contributed by atoms with van der Waals surface area (Å²) < 4.78 is 0. The minimum atomic E-state index is -0.187. The van der Waals surface area contributed by atoms with Crippen molar-refractivity contribution in [1.29, 1.82) is 0 Å². The first kappa shape index (κ1) is 11.8. The molecule has 1 aliphatic rings. The van der Waals surface area contributed by atoms with E-state index < -0.39 is 0 Å². The molecule has 1 heterocycles. The number of rotatable bonds is 3. The highest BCUT2D eigenvalue weighted by atomic mass is 16.2. The van der Waals surface area contributed by atoms with Gasteiger partial charge in [0.25, 0.3) is 0 Å². The van der Waals surface area contributed by atoms with Crippen LogP contribution in [0, 0.1) is 0 Å². The van der Waals surface area contributed by atoms with Crippen LogP contribution < -0.4 is 5.84 Å². The van der Waals surface area contributed by atoms with Crippen LogP contribution in [0.5, 0.6) is 0 Å². The molecule has 0 aromatic rings. The Morgan fingerprint density at radius 2 is 2.13 bits per heavy atom. The van der Waals surface area contributed by atoms with Crippen molar-refractivity contribution in [2.75, 3.05) is 33.7 Å². The van der Waals surface area contributed by atoms with Crippen LogP contribution in [-0.4, -0.2) is 60.5 Å². The first-order valence-electron chi connectivity index (χ1n) is 5.03. The van der Waals surface area contributed by atoms with E-state index in [1.807, 2.05) is 0 Å². The van der Waals surface area contributed by atoms with E-state index >= 15 is 0 Å². The van der Waals surface area contributed by atoms with E-state index in [4.69, 9.17) is 5.84 Å². The van der Waals surface area contributed by atoms with Gasteiger partial charge < -0.3 is 9.80 Å². The third-order valence-corrected chi connectivity index (χ3v) is 2.44. The van der Waals surface area contributed by atoms with Crippen molar-refractivity contribution in [2.45, 2.75) is 12.8 Å². The number of hydrogen-bond acceptors (Lipinski definition) is 3. The highest BCUT2D eigenvalue weighted by Crippen LogP contribution is 2.06. The molecule has 0 unspecified atom stereocenters. The zero-order valence-electron chi connectivity index (χ0n) is 9.27. The topological polar surface area (TPSA) is 69.9 Å². The molecule has 6 nitrogen and oxygen atoms in total. The molecule has 0 saturated carbocycles. The second-order valence-corrected chi connectivity index (χ2v) is 3.85. The molecule has 0 aliphatic carbocycles. The summed E-state index contributed by atoms with van der Waals surface area (Å²) in [5.74, 6) is 5.51. The van der Waals surface area contributed by atoms with Gasteiger partial charge in [-0.05, 0) is 6.42 Å². The predicted molar refractivity (Wildman–Crippen MR) is 55.8 cm³/mol. The molecule has 0 atom stereocenters. The Balaban J connectivity index is 2.38. The Labute approximate surface area is 89.6 Å². The molecule has 1 rings (SSSR count). The van der Waals surface area contributed by atoms with Gasteiger partial charge in [-0.3, -0.25) is 9.80 Å². The van der Waals surface area contributed by atoms with Crippen LogP contribution in [0.15, 0.2) is 0 Å². The van der Waals surface area contributed by atoms with Crippen LogP contribution >= 0.6 is 0 Å². The maximum atomic E-state index is 11.5. The zero-order valence-corrected chi connectivity index (χ0v) is 9.27. The molecule has 0 radical (unpaired) electrons. The quantitative estimate of drug-likeness (QED) is 0.507. The maximum absolute atomic E-state index is 11.5. The van der Waals surface area contributed by atoms with Gasteiger partial charge in [-0.2, -0.15) is 0 Å². The second-order valence-electron chi connectivity index (χ2n) is 3.85. The summed E-state index contributed by atoms with van der Waals surface area (Å²) in [4.78, 5) is 26.0. The highest BCUT2D eigenvalue weighted by Gasteiger charge is 2.23. The lowest BCUT2D eigenvalue weighted by atomic mass is 10.3. The molecule has 0 aromatic carbocycles. The van der Waals surface area contributed by atoms with E-state index in [1.54, 1.807) is 19.0 Å². The summed E-state index contributed by atoms with van der Waals surface area (Å²) in [5.41, 5.74) is 0. The van der Waals surface area contributed by atoms with Crippen LogP contribution in [-0.2, 0) is 4.79 Å². The van der Waals surface area contributed by atoms with Crippen LogP contribution in [0.3, 0.4) is 0 Å². The fourth-order valence-corrected chi connectivity index (χ4v) is 1.47. The van der Waals surface area contributed by atoms with E-state index in [9.17, 15) is 9.59 Å². The minimum Gasteiger partial charge on any atom is -0.349 e. The summed E-state index contributed by atoms with van der Waals surface area (Å²) >= 11 is 0. The molecule has 1 saturated heterocycles. The number of hydrazine groups is 1. The summed E-state index contributed by atoms with van der Waals surface area (Å²) in [7, 11) is 3.41. The van der Waals surface area contributed by atoms with Gasteiger partial charge in [-0.25, -0.2) is 10.6 Å². The standard InChI is InChI=1S/C9H18N4O2/c1-11(2)8(14)4-7-12-5-3-6-13(10)9(12)15/h3-7,10H2,1-2H3.